The molecule has 1 aromatic carbocycles. The van der Waals surface area contributed by atoms with Crippen LogP contribution in [-0.4, -0.2) is 191 Å². The number of rotatable bonds is 34. The summed E-state index contributed by atoms with van der Waals surface area (Å²) >= 11 is 0. The SMILES string of the molecule is Cc1nc2cc(F)c(-c3cnc(OC4CCN(CCOCCN/C=C(/COCCOCCOCCOCCNC(=O)CC[C@H](NC(=O)c5ccc(NCc6cnc7nc(N)[nH]c(=O)c7n6)cc5)C(=O)O)N(C)N)CC4)nc3)nc2c(N)c1C. The number of amides is 2. The number of carboxylic acids is 1. The Morgan fingerprint density at radius 1 is 0.867 bits per heavy atom. The number of likely N-dealkylation sites (tertiary alicyclic amines) is 1. The van der Waals surface area contributed by atoms with E-state index in [4.69, 9.17) is 45.7 Å². The highest BCUT2D eigenvalue weighted by Crippen LogP contribution is 2.29. The number of nitrogen functional groups attached to an aromatic ring is 2. The maximum Gasteiger partial charge on any atom is 0.326 e. The number of likely N-dealkylation sites (N-methyl/N-ethyl adjacent to an activating group) is 1. The molecule has 0 bridgehead atoms. The van der Waals surface area contributed by atoms with E-state index in [0.717, 1.165) is 49.4 Å². The minimum Gasteiger partial charge on any atom is -0.480 e. The van der Waals surface area contributed by atoms with Crippen molar-refractivity contribution in [2.24, 2.45) is 5.84 Å². The summed E-state index contributed by atoms with van der Waals surface area (Å²) in [7, 11) is 1.73. The minimum absolute atomic E-state index is 0.0406. The van der Waals surface area contributed by atoms with Crippen molar-refractivity contribution in [1.82, 2.24) is 65.7 Å². The number of piperidine rings is 1. The minimum atomic E-state index is -1.30. The van der Waals surface area contributed by atoms with E-state index >= 15 is 4.39 Å². The molecule has 0 aliphatic carbocycles. The average Bonchev–Trinajstić information content (AvgIpc) is 3.64. The summed E-state index contributed by atoms with van der Waals surface area (Å²) in [6.45, 7) is 10.8. The molecule has 1 fully saturated rings. The van der Waals surface area contributed by atoms with Crippen molar-refractivity contribution < 1.29 is 52.3 Å². The summed E-state index contributed by atoms with van der Waals surface area (Å²) in [5.41, 5.74) is 16.9. The molecular formula is C54H72FN17O11. The largest absolute Gasteiger partial charge is 0.480 e. The summed E-state index contributed by atoms with van der Waals surface area (Å²) in [5.74, 6) is 3.12. The number of hydrazine groups is 1. The molecule has 1 aliphatic heterocycles. The number of hydrogen-bond donors (Lipinski definition) is 9. The highest BCUT2D eigenvalue weighted by atomic mass is 19.1. The van der Waals surface area contributed by atoms with E-state index in [-0.39, 0.29) is 85.5 Å². The summed E-state index contributed by atoms with van der Waals surface area (Å²) in [6, 6.07) is 6.56. The Balaban J connectivity index is 0.641. The standard InChI is InChI=1S/C54H72FN17O11/c1-33-34(2)65-43-26-41(55)46(68-47(43)45(33)56)36-27-63-54(64-28-36)83-40-10-14-72(15-11-40)16-19-78-17-12-59-31-39(71(3)58)32-82-25-24-81-23-22-80-21-20-79-18-13-60-44(73)9-8-42(52(76)77)67-50(74)35-4-6-37(7-5-35)61-29-38-30-62-49-48(66-38)51(75)70-53(57)69-49/h4-7,26-28,30-31,40,42,59,61H,8-25,29,32,58H2,1-3H3,(H2,56,65)(H,60,73)(H,67,74)(H,76,77)(H3,57,62,69,70,75)/b39-31-/t42-/m0/s1. The van der Waals surface area contributed by atoms with E-state index < -0.39 is 29.3 Å². The number of H-pyrrole nitrogens is 1. The van der Waals surface area contributed by atoms with Gasteiger partial charge in [0, 0.05) is 93.4 Å². The number of aromatic nitrogens is 8. The van der Waals surface area contributed by atoms with Crippen LogP contribution < -0.4 is 48.9 Å². The van der Waals surface area contributed by atoms with Crippen molar-refractivity contribution in [3.05, 3.63) is 99.5 Å². The molecule has 1 saturated heterocycles. The fourth-order valence-electron chi connectivity index (χ4n) is 8.31. The lowest BCUT2D eigenvalue weighted by atomic mass is 10.1. The van der Waals surface area contributed by atoms with Crippen molar-refractivity contribution in [3.8, 4) is 17.3 Å². The lowest BCUT2D eigenvalue weighted by Crippen LogP contribution is -2.41. The molecule has 83 heavy (non-hydrogen) atoms. The fraction of sp³-hybridized carbons (Fsp3) is 0.463. The zero-order valence-corrected chi connectivity index (χ0v) is 46.7. The molecule has 0 spiro atoms. The van der Waals surface area contributed by atoms with Gasteiger partial charge in [0.05, 0.1) is 101 Å². The molecule has 7 rings (SSSR count). The van der Waals surface area contributed by atoms with Crippen molar-refractivity contribution in [1.29, 1.82) is 0 Å². The maximum absolute atomic E-state index is 15.0. The second-order valence-corrected chi connectivity index (χ2v) is 19.2. The van der Waals surface area contributed by atoms with E-state index in [2.05, 4.69) is 66.0 Å². The Kier molecular flexibility index (Phi) is 23.8. The van der Waals surface area contributed by atoms with Crippen LogP contribution in [-0.2, 0) is 39.8 Å². The molecule has 0 radical (unpaired) electrons. The number of pyridine rings is 2. The molecule has 446 valence electrons. The average molecular weight is 1150 g/mol. The Morgan fingerprint density at radius 2 is 1.54 bits per heavy atom. The topological polar surface area (TPSA) is 383 Å². The molecule has 6 heterocycles. The smallest absolute Gasteiger partial charge is 0.326 e. The number of carboxylic acid groups (broad SMARTS) is 1. The number of aromatic amines is 1. The van der Waals surface area contributed by atoms with E-state index in [1.807, 2.05) is 13.8 Å². The van der Waals surface area contributed by atoms with Crippen molar-refractivity contribution in [2.45, 2.75) is 58.2 Å². The van der Waals surface area contributed by atoms with Gasteiger partial charge in [-0.05, 0) is 62.9 Å². The molecule has 1 atom stereocenters. The molecule has 28 nitrogen and oxygen atoms in total. The first-order valence-corrected chi connectivity index (χ1v) is 27.0. The van der Waals surface area contributed by atoms with Crippen molar-refractivity contribution >= 4 is 57.3 Å². The van der Waals surface area contributed by atoms with E-state index in [0.29, 0.717) is 93.1 Å². The van der Waals surface area contributed by atoms with Gasteiger partial charge in [-0.2, -0.15) is 4.98 Å². The quantitative estimate of drug-likeness (QED) is 0.0157. The highest BCUT2D eigenvalue weighted by molar-refractivity contribution is 5.97. The van der Waals surface area contributed by atoms with Gasteiger partial charge in [0.2, 0.25) is 11.9 Å². The second kappa shape index (κ2) is 31.8. The van der Waals surface area contributed by atoms with Crippen LogP contribution in [0.3, 0.4) is 0 Å². The number of carbonyl (C=O) groups is 3. The van der Waals surface area contributed by atoms with Crippen molar-refractivity contribution in [2.75, 3.05) is 123 Å². The normalized spacial score (nSPS) is 13.5. The van der Waals surface area contributed by atoms with Crippen LogP contribution >= 0.6 is 0 Å². The third kappa shape index (κ3) is 19.4. The van der Waals surface area contributed by atoms with Crippen LogP contribution in [0, 0.1) is 19.7 Å². The number of nitrogens with zero attached hydrogens (tertiary/aromatic N) is 9. The predicted octanol–water partition coefficient (Wildman–Crippen LogP) is 1.59. The number of anilines is 3. The summed E-state index contributed by atoms with van der Waals surface area (Å²) in [6.07, 6.45) is 7.58. The van der Waals surface area contributed by atoms with Gasteiger partial charge in [-0.3, -0.25) is 24.4 Å². The van der Waals surface area contributed by atoms with Gasteiger partial charge in [0.25, 0.3) is 11.5 Å². The fourth-order valence-corrected chi connectivity index (χ4v) is 8.31. The van der Waals surface area contributed by atoms with Crippen LogP contribution in [0.1, 0.15) is 53.0 Å². The van der Waals surface area contributed by atoms with Crippen LogP contribution in [0.25, 0.3) is 33.5 Å². The molecule has 0 saturated carbocycles. The van der Waals surface area contributed by atoms with Gasteiger partial charge in [-0.1, -0.05) is 0 Å². The Morgan fingerprint density at radius 3 is 2.24 bits per heavy atom. The predicted molar refractivity (Wildman–Crippen MR) is 304 cm³/mol. The van der Waals surface area contributed by atoms with Crippen molar-refractivity contribution in [3.63, 3.8) is 0 Å². The zero-order chi connectivity index (χ0) is 59.1. The number of halogens is 1. The van der Waals surface area contributed by atoms with Gasteiger partial charge in [0.15, 0.2) is 17.0 Å². The third-order valence-electron chi connectivity index (χ3n) is 13.1. The van der Waals surface area contributed by atoms with Gasteiger partial charge in [-0.15, -0.1) is 0 Å². The lowest BCUT2D eigenvalue weighted by Gasteiger charge is -2.31. The van der Waals surface area contributed by atoms with Gasteiger partial charge in [-0.25, -0.2) is 39.9 Å². The molecule has 6 aromatic rings. The molecule has 29 heteroatoms. The number of fused-ring (bicyclic) bond motifs is 2. The van der Waals surface area contributed by atoms with E-state index in [9.17, 15) is 24.3 Å². The molecular weight excluding hydrogens is 1080 g/mol. The Hall–Kier alpha value is -8.32. The van der Waals surface area contributed by atoms with E-state index in [1.165, 1.54) is 41.8 Å². The first-order chi connectivity index (χ1) is 40.1. The maximum atomic E-state index is 15.0. The summed E-state index contributed by atoms with van der Waals surface area (Å²) in [5, 5.41) is 22.7. The summed E-state index contributed by atoms with van der Waals surface area (Å²) in [4.78, 5) is 83.9. The number of aryl methyl sites for hydroxylation is 1. The number of hydrogen-bond acceptors (Lipinski definition) is 24. The highest BCUT2D eigenvalue weighted by Gasteiger charge is 2.24. The van der Waals surface area contributed by atoms with Crippen LogP contribution in [0.15, 0.2) is 65.6 Å². The monoisotopic (exact) mass is 1150 g/mol. The number of carbonyl (C=O) groups excluding carboxylic acids is 2. The molecule has 0 unspecified atom stereocenters. The van der Waals surface area contributed by atoms with Crippen LogP contribution in [0.4, 0.5) is 21.7 Å². The third-order valence-corrected chi connectivity index (χ3v) is 13.1. The summed E-state index contributed by atoms with van der Waals surface area (Å²) < 4.78 is 49.3. The van der Waals surface area contributed by atoms with Gasteiger partial charge in [0.1, 0.15) is 23.4 Å². The first-order valence-electron chi connectivity index (χ1n) is 27.0. The molecule has 1 aliphatic rings. The lowest BCUT2D eigenvalue weighted by molar-refractivity contribution is -0.139. The van der Waals surface area contributed by atoms with Gasteiger partial charge < -0.3 is 76.2 Å². The van der Waals surface area contributed by atoms with Gasteiger partial charge >= 0.3 is 12.0 Å². The van der Waals surface area contributed by atoms with E-state index in [1.54, 1.807) is 25.4 Å². The number of ether oxygens (including phenoxy) is 6. The number of nitrogens with one attached hydrogen (secondary N) is 5. The van der Waals surface area contributed by atoms with Crippen LogP contribution in [0.5, 0.6) is 6.01 Å². The Bertz CT molecular complexity index is 3190. The molecule has 12 N–H and O–H groups in total. The second-order valence-electron chi connectivity index (χ2n) is 19.2. The number of aliphatic carboxylic acids is 1. The number of benzene rings is 1. The molecule has 5 aromatic heterocycles. The Labute approximate surface area is 477 Å². The molecule has 2 amide bonds. The first kappa shape index (κ1) is 62.3. The van der Waals surface area contributed by atoms with Crippen LogP contribution in [0.2, 0.25) is 0 Å². The zero-order valence-electron chi connectivity index (χ0n) is 46.7. The number of nitrogens with two attached hydrogens (primary N) is 3.